The molecule has 1 aromatic carbocycles. The van der Waals surface area contributed by atoms with Gasteiger partial charge in [0.2, 0.25) is 0 Å². The second-order valence-electron chi connectivity index (χ2n) is 5.35. The summed E-state index contributed by atoms with van der Waals surface area (Å²) < 4.78 is 11.2. The van der Waals surface area contributed by atoms with Crippen molar-refractivity contribution >= 4 is 18.0 Å². The van der Waals surface area contributed by atoms with E-state index in [-0.39, 0.29) is 12.5 Å². The molecule has 0 aromatic heterocycles. The summed E-state index contributed by atoms with van der Waals surface area (Å²) in [5, 5.41) is 16.4. The summed E-state index contributed by atoms with van der Waals surface area (Å²) in [6.07, 6.45) is 7.66. The number of rotatable bonds is 6. The summed E-state index contributed by atoms with van der Waals surface area (Å²) in [4.78, 5) is 19.9. The standard InChI is InChI=1S/C15H18O4.C3H6O2/c1-18-13-8-6-11(7-9-15(16)17)10-14(13)19-12-4-2-3-5-12;1-2-3(4)5/h6-10,12H,2-5H2,1H3,(H,16,17);2H2,1H3,(H,4,5)/b9-7+;. The molecule has 6 nitrogen and oxygen atoms in total. The average molecular weight is 336 g/mol. The van der Waals surface area contributed by atoms with Gasteiger partial charge in [-0.05, 0) is 49.5 Å². The van der Waals surface area contributed by atoms with Gasteiger partial charge in [-0.15, -0.1) is 0 Å². The maximum atomic E-state index is 10.5. The van der Waals surface area contributed by atoms with E-state index in [1.807, 2.05) is 6.07 Å². The molecule has 0 heterocycles. The third-order valence-corrected chi connectivity index (χ3v) is 3.50. The Morgan fingerprint density at radius 3 is 2.33 bits per heavy atom. The van der Waals surface area contributed by atoms with Crippen molar-refractivity contribution in [2.75, 3.05) is 7.11 Å². The molecule has 132 valence electrons. The van der Waals surface area contributed by atoms with Gasteiger partial charge in [0.05, 0.1) is 13.2 Å². The van der Waals surface area contributed by atoms with E-state index in [0.29, 0.717) is 11.5 Å². The average Bonchev–Trinajstić information content (AvgIpc) is 3.06. The van der Waals surface area contributed by atoms with Crippen LogP contribution in [0.15, 0.2) is 24.3 Å². The Hall–Kier alpha value is -2.50. The number of benzene rings is 1. The molecule has 0 aliphatic heterocycles. The van der Waals surface area contributed by atoms with E-state index in [1.165, 1.54) is 12.8 Å². The Morgan fingerprint density at radius 2 is 1.83 bits per heavy atom. The topological polar surface area (TPSA) is 93.1 Å². The van der Waals surface area contributed by atoms with E-state index < -0.39 is 11.9 Å². The number of aliphatic carboxylic acids is 2. The number of carboxylic acid groups (broad SMARTS) is 2. The maximum absolute atomic E-state index is 10.5. The highest BCUT2D eigenvalue weighted by atomic mass is 16.5. The van der Waals surface area contributed by atoms with Gasteiger partial charge in [0.25, 0.3) is 0 Å². The summed E-state index contributed by atoms with van der Waals surface area (Å²) in [6, 6.07) is 5.42. The van der Waals surface area contributed by atoms with Gasteiger partial charge >= 0.3 is 11.9 Å². The number of methoxy groups -OCH3 is 1. The van der Waals surface area contributed by atoms with Crippen molar-refractivity contribution in [3.63, 3.8) is 0 Å². The van der Waals surface area contributed by atoms with E-state index in [4.69, 9.17) is 19.7 Å². The quantitative estimate of drug-likeness (QED) is 0.771. The van der Waals surface area contributed by atoms with Crippen LogP contribution in [0.1, 0.15) is 44.6 Å². The first-order valence-corrected chi connectivity index (χ1v) is 7.93. The maximum Gasteiger partial charge on any atom is 0.328 e. The van der Waals surface area contributed by atoms with Gasteiger partial charge in [0.1, 0.15) is 0 Å². The molecule has 0 saturated heterocycles. The lowest BCUT2D eigenvalue weighted by molar-refractivity contribution is -0.136. The predicted octanol–water partition coefficient (Wildman–Crippen LogP) is 3.60. The zero-order chi connectivity index (χ0) is 17.9. The van der Waals surface area contributed by atoms with E-state index in [0.717, 1.165) is 24.5 Å². The van der Waals surface area contributed by atoms with Gasteiger partial charge in [-0.25, -0.2) is 4.79 Å². The van der Waals surface area contributed by atoms with Gasteiger partial charge < -0.3 is 19.7 Å². The summed E-state index contributed by atoms with van der Waals surface area (Å²) in [7, 11) is 1.60. The van der Waals surface area contributed by atoms with Crippen LogP contribution in [0.25, 0.3) is 6.08 Å². The molecule has 0 atom stereocenters. The van der Waals surface area contributed by atoms with Crippen LogP contribution in [0.3, 0.4) is 0 Å². The number of carboxylic acids is 2. The summed E-state index contributed by atoms with van der Waals surface area (Å²) in [5.74, 6) is -0.347. The first kappa shape index (κ1) is 19.5. The fourth-order valence-corrected chi connectivity index (χ4v) is 2.24. The molecule has 0 bridgehead atoms. The molecule has 0 radical (unpaired) electrons. The molecule has 2 rings (SSSR count). The molecule has 24 heavy (non-hydrogen) atoms. The SMILES string of the molecule is CCC(=O)O.COc1ccc(/C=C/C(=O)O)cc1OC1CCCC1. The highest BCUT2D eigenvalue weighted by Gasteiger charge is 2.18. The molecule has 1 aliphatic rings. The van der Waals surface area contributed by atoms with E-state index in [2.05, 4.69) is 0 Å². The Kier molecular flexibility index (Phi) is 8.39. The van der Waals surface area contributed by atoms with Crippen LogP contribution < -0.4 is 9.47 Å². The molecular formula is C18H24O6. The molecular weight excluding hydrogens is 312 g/mol. The normalized spacial score (nSPS) is 14.1. The molecule has 6 heteroatoms. The third kappa shape index (κ3) is 7.17. The van der Waals surface area contributed by atoms with Gasteiger partial charge in [-0.1, -0.05) is 13.0 Å². The molecule has 0 spiro atoms. The molecule has 1 aliphatic carbocycles. The van der Waals surface area contributed by atoms with Crippen molar-refractivity contribution in [2.24, 2.45) is 0 Å². The van der Waals surface area contributed by atoms with Crippen LogP contribution in [0.5, 0.6) is 11.5 Å². The summed E-state index contributed by atoms with van der Waals surface area (Å²) in [5.41, 5.74) is 0.788. The highest BCUT2D eigenvalue weighted by Crippen LogP contribution is 2.32. The van der Waals surface area contributed by atoms with Crippen LogP contribution in [-0.2, 0) is 9.59 Å². The van der Waals surface area contributed by atoms with Gasteiger partial charge in [-0.2, -0.15) is 0 Å². The first-order chi connectivity index (χ1) is 11.5. The van der Waals surface area contributed by atoms with Crippen LogP contribution in [0.2, 0.25) is 0 Å². The van der Waals surface area contributed by atoms with Gasteiger partial charge in [-0.3, -0.25) is 4.79 Å². The Labute approximate surface area is 141 Å². The van der Waals surface area contributed by atoms with Crippen molar-refractivity contribution in [3.8, 4) is 11.5 Å². The summed E-state index contributed by atoms with van der Waals surface area (Å²) in [6.45, 7) is 1.60. The Bertz CT molecular complexity index is 573. The molecule has 1 aromatic rings. The van der Waals surface area contributed by atoms with Crippen LogP contribution in [-0.4, -0.2) is 35.4 Å². The highest BCUT2D eigenvalue weighted by molar-refractivity contribution is 5.85. The zero-order valence-electron chi connectivity index (χ0n) is 14.0. The van der Waals surface area contributed by atoms with Crippen molar-refractivity contribution in [2.45, 2.75) is 45.1 Å². The lowest BCUT2D eigenvalue weighted by Crippen LogP contribution is -2.11. The molecule has 1 fully saturated rings. The van der Waals surface area contributed by atoms with Crippen LogP contribution in [0.4, 0.5) is 0 Å². The number of hydrogen-bond donors (Lipinski definition) is 2. The Balaban J connectivity index is 0.000000505. The van der Waals surface area contributed by atoms with Crippen molar-refractivity contribution < 1.29 is 29.3 Å². The van der Waals surface area contributed by atoms with Crippen molar-refractivity contribution in [1.29, 1.82) is 0 Å². The second-order valence-corrected chi connectivity index (χ2v) is 5.35. The second kappa shape index (κ2) is 10.3. The molecule has 0 amide bonds. The first-order valence-electron chi connectivity index (χ1n) is 7.93. The minimum Gasteiger partial charge on any atom is -0.493 e. The van der Waals surface area contributed by atoms with E-state index in [1.54, 1.807) is 32.2 Å². The van der Waals surface area contributed by atoms with Crippen LogP contribution in [0, 0.1) is 0 Å². The number of hydrogen-bond acceptors (Lipinski definition) is 4. The van der Waals surface area contributed by atoms with E-state index >= 15 is 0 Å². The fraction of sp³-hybridized carbons (Fsp3) is 0.444. The Morgan fingerprint density at radius 1 is 1.21 bits per heavy atom. The van der Waals surface area contributed by atoms with Gasteiger partial charge in [0.15, 0.2) is 11.5 Å². The molecule has 2 N–H and O–H groups in total. The lowest BCUT2D eigenvalue weighted by atomic mass is 10.2. The monoisotopic (exact) mass is 336 g/mol. The smallest absolute Gasteiger partial charge is 0.328 e. The third-order valence-electron chi connectivity index (χ3n) is 3.50. The largest absolute Gasteiger partial charge is 0.493 e. The number of ether oxygens (including phenoxy) is 2. The molecule has 1 saturated carbocycles. The van der Waals surface area contributed by atoms with Crippen molar-refractivity contribution in [3.05, 3.63) is 29.8 Å². The van der Waals surface area contributed by atoms with Crippen LogP contribution >= 0.6 is 0 Å². The summed E-state index contributed by atoms with van der Waals surface area (Å²) >= 11 is 0. The predicted molar refractivity (Wildman–Crippen MR) is 90.5 cm³/mol. The minimum atomic E-state index is -0.964. The minimum absolute atomic E-state index is 0.222. The fourth-order valence-electron chi connectivity index (χ4n) is 2.24. The number of carbonyl (C=O) groups is 2. The molecule has 0 unspecified atom stereocenters. The van der Waals surface area contributed by atoms with E-state index in [9.17, 15) is 9.59 Å². The lowest BCUT2D eigenvalue weighted by Gasteiger charge is -2.16. The zero-order valence-corrected chi connectivity index (χ0v) is 14.0. The van der Waals surface area contributed by atoms with Gasteiger partial charge in [0, 0.05) is 12.5 Å². The van der Waals surface area contributed by atoms with Crippen molar-refractivity contribution in [1.82, 2.24) is 0 Å².